The Kier molecular flexibility index (Phi) is 6.45. The van der Waals surface area contributed by atoms with Crippen molar-refractivity contribution < 1.29 is 9.53 Å². The van der Waals surface area contributed by atoms with Crippen molar-refractivity contribution in [1.82, 2.24) is 19.8 Å². The van der Waals surface area contributed by atoms with Crippen molar-refractivity contribution in [3.8, 4) is 5.75 Å². The summed E-state index contributed by atoms with van der Waals surface area (Å²) in [7, 11) is 1.95. The van der Waals surface area contributed by atoms with Gasteiger partial charge in [-0.1, -0.05) is 6.07 Å². The van der Waals surface area contributed by atoms with Crippen LogP contribution in [0, 0.1) is 13.8 Å². The molecular formula is C18H25ClN4O2. The molecule has 2 heterocycles. The van der Waals surface area contributed by atoms with Crippen molar-refractivity contribution >= 4 is 18.3 Å². The second-order valence-electron chi connectivity index (χ2n) is 6.24. The number of hydrogen-bond acceptors (Lipinski definition) is 4. The maximum atomic E-state index is 12.7. The van der Waals surface area contributed by atoms with Crippen LogP contribution in [-0.2, 0) is 11.8 Å². The number of imidazole rings is 1. The lowest BCUT2D eigenvalue weighted by atomic mass is 10.1. The molecule has 6 nitrogen and oxygen atoms in total. The van der Waals surface area contributed by atoms with E-state index in [1.165, 1.54) is 5.56 Å². The van der Waals surface area contributed by atoms with Crippen LogP contribution >= 0.6 is 12.4 Å². The SMILES string of the molecule is Cc1ccc(OCC(=O)N2CCNCC2c2nccn2C)cc1C.Cl. The quantitative estimate of drug-likeness (QED) is 0.901. The average molecular weight is 365 g/mol. The monoisotopic (exact) mass is 364 g/mol. The van der Waals surface area contributed by atoms with Crippen molar-refractivity contribution in [2.24, 2.45) is 7.05 Å². The topological polar surface area (TPSA) is 59.4 Å². The Balaban J connectivity index is 0.00000225. The molecule has 1 saturated heterocycles. The number of halogens is 1. The summed E-state index contributed by atoms with van der Waals surface area (Å²) in [6.07, 6.45) is 3.66. The van der Waals surface area contributed by atoms with Gasteiger partial charge in [-0.15, -0.1) is 12.4 Å². The normalized spacial score (nSPS) is 17.1. The number of ether oxygens (including phenoxy) is 1. The van der Waals surface area contributed by atoms with Crippen LogP contribution in [0.25, 0.3) is 0 Å². The van der Waals surface area contributed by atoms with Gasteiger partial charge in [-0.25, -0.2) is 4.98 Å². The minimum Gasteiger partial charge on any atom is -0.484 e. The van der Waals surface area contributed by atoms with Crippen LogP contribution in [0.5, 0.6) is 5.75 Å². The van der Waals surface area contributed by atoms with Gasteiger partial charge in [0.15, 0.2) is 6.61 Å². The third-order valence-electron chi connectivity index (χ3n) is 4.56. The van der Waals surface area contributed by atoms with E-state index in [-0.39, 0.29) is 31.0 Å². The van der Waals surface area contributed by atoms with Gasteiger partial charge < -0.3 is 19.5 Å². The van der Waals surface area contributed by atoms with Crippen LogP contribution in [0.1, 0.15) is 23.0 Å². The van der Waals surface area contributed by atoms with Gasteiger partial charge in [0, 0.05) is 39.1 Å². The van der Waals surface area contributed by atoms with E-state index in [2.05, 4.69) is 17.2 Å². The molecule has 2 aromatic rings. The van der Waals surface area contributed by atoms with Crippen LogP contribution in [0.3, 0.4) is 0 Å². The Labute approximate surface area is 154 Å². The number of aryl methyl sites for hydroxylation is 3. The second-order valence-corrected chi connectivity index (χ2v) is 6.24. The van der Waals surface area contributed by atoms with Crippen molar-refractivity contribution in [2.75, 3.05) is 26.2 Å². The van der Waals surface area contributed by atoms with E-state index >= 15 is 0 Å². The molecule has 1 N–H and O–H groups in total. The third-order valence-corrected chi connectivity index (χ3v) is 4.56. The zero-order valence-corrected chi connectivity index (χ0v) is 15.7. The Hall–Kier alpha value is -2.05. The molecule has 3 rings (SSSR count). The molecule has 1 aromatic heterocycles. The van der Waals surface area contributed by atoms with E-state index in [0.717, 1.165) is 23.7 Å². The highest BCUT2D eigenvalue weighted by atomic mass is 35.5. The third kappa shape index (κ3) is 4.32. The maximum Gasteiger partial charge on any atom is 0.261 e. The van der Waals surface area contributed by atoms with Crippen molar-refractivity contribution in [3.05, 3.63) is 47.5 Å². The second kappa shape index (κ2) is 8.36. The molecule has 0 spiro atoms. The lowest BCUT2D eigenvalue weighted by Gasteiger charge is -2.35. The highest BCUT2D eigenvalue weighted by molar-refractivity contribution is 5.85. The van der Waals surface area contributed by atoms with Gasteiger partial charge in [0.2, 0.25) is 0 Å². The van der Waals surface area contributed by atoms with Crippen molar-refractivity contribution in [2.45, 2.75) is 19.9 Å². The number of nitrogens with zero attached hydrogens (tertiary/aromatic N) is 3. The van der Waals surface area contributed by atoms with Crippen LogP contribution in [0.15, 0.2) is 30.6 Å². The number of carbonyl (C=O) groups excluding carboxylic acids is 1. The Morgan fingerprint density at radius 1 is 1.36 bits per heavy atom. The van der Waals surface area contributed by atoms with Crippen LogP contribution in [-0.4, -0.2) is 46.6 Å². The summed E-state index contributed by atoms with van der Waals surface area (Å²) in [6, 6.07) is 5.83. The average Bonchev–Trinajstić information content (AvgIpc) is 3.01. The van der Waals surface area contributed by atoms with Gasteiger partial charge in [0.1, 0.15) is 17.6 Å². The number of benzene rings is 1. The largest absolute Gasteiger partial charge is 0.484 e. The molecule has 1 aliphatic rings. The fourth-order valence-corrected chi connectivity index (χ4v) is 2.96. The summed E-state index contributed by atoms with van der Waals surface area (Å²) >= 11 is 0. The summed E-state index contributed by atoms with van der Waals surface area (Å²) < 4.78 is 7.67. The first kappa shape index (κ1) is 19.3. The summed E-state index contributed by atoms with van der Waals surface area (Å²) in [5, 5.41) is 3.33. The van der Waals surface area contributed by atoms with Gasteiger partial charge in [-0.3, -0.25) is 4.79 Å². The number of rotatable bonds is 4. The molecule has 1 aliphatic heterocycles. The van der Waals surface area contributed by atoms with Crippen LogP contribution in [0.2, 0.25) is 0 Å². The van der Waals surface area contributed by atoms with Gasteiger partial charge in [0.25, 0.3) is 5.91 Å². The van der Waals surface area contributed by atoms with E-state index in [1.54, 1.807) is 6.20 Å². The fourth-order valence-electron chi connectivity index (χ4n) is 2.96. The molecule has 0 bridgehead atoms. The molecule has 1 fully saturated rings. The molecule has 1 unspecified atom stereocenters. The van der Waals surface area contributed by atoms with Gasteiger partial charge in [0.05, 0.1) is 0 Å². The molecule has 1 amide bonds. The van der Waals surface area contributed by atoms with Gasteiger partial charge >= 0.3 is 0 Å². The zero-order chi connectivity index (χ0) is 17.1. The molecule has 1 atom stereocenters. The van der Waals surface area contributed by atoms with E-state index < -0.39 is 0 Å². The van der Waals surface area contributed by atoms with Crippen molar-refractivity contribution in [3.63, 3.8) is 0 Å². The first-order chi connectivity index (χ1) is 11.6. The van der Waals surface area contributed by atoms with Crippen LogP contribution in [0.4, 0.5) is 0 Å². The van der Waals surface area contributed by atoms with Gasteiger partial charge in [-0.2, -0.15) is 0 Å². The van der Waals surface area contributed by atoms with E-state index in [9.17, 15) is 4.79 Å². The first-order valence-corrected chi connectivity index (χ1v) is 8.23. The number of amides is 1. The number of hydrogen-bond donors (Lipinski definition) is 1. The summed E-state index contributed by atoms with van der Waals surface area (Å²) in [4.78, 5) is 18.9. The van der Waals surface area contributed by atoms with E-state index in [1.807, 2.05) is 47.8 Å². The Morgan fingerprint density at radius 3 is 2.84 bits per heavy atom. The predicted octanol–water partition coefficient (Wildman–Crippen LogP) is 2.01. The highest BCUT2D eigenvalue weighted by Gasteiger charge is 2.30. The Morgan fingerprint density at radius 2 is 2.16 bits per heavy atom. The summed E-state index contributed by atoms with van der Waals surface area (Å²) in [6.45, 7) is 6.30. The fraction of sp³-hybridized carbons (Fsp3) is 0.444. The highest BCUT2D eigenvalue weighted by Crippen LogP contribution is 2.21. The molecule has 136 valence electrons. The maximum absolute atomic E-state index is 12.7. The first-order valence-electron chi connectivity index (χ1n) is 8.23. The van der Waals surface area contributed by atoms with Gasteiger partial charge in [-0.05, 0) is 37.1 Å². The molecular weight excluding hydrogens is 340 g/mol. The molecule has 0 saturated carbocycles. The number of aromatic nitrogens is 2. The lowest BCUT2D eigenvalue weighted by Crippen LogP contribution is -2.50. The zero-order valence-electron chi connectivity index (χ0n) is 14.9. The minimum atomic E-state index is -0.0606. The Bertz CT molecular complexity index is 732. The van der Waals surface area contributed by atoms with E-state index in [0.29, 0.717) is 13.1 Å². The number of nitrogens with one attached hydrogen (secondary N) is 1. The molecule has 25 heavy (non-hydrogen) atoms. The predicted molar refractivity (Wildman–Crippen MR) is 99.2 cm³/mol. The smallest absolute Gasteiger partial charge is 0.261 e. The summed E-state index contributed by atoms with van der Waals surface area (Å²) in [5.74, 6) is 1.61. The van der Waals surface area contributed by atoms with Crippen molar-refractivity contribution in [1.29, 1.82) is 0 Å². The minimum absolute atomic E-state index is 0. The lowest BCUT2D eigenvalue weighted by molar-refractivity contribution is -0.137. The summed E-state index contributed by atoms with van der Waals surface area (Å²) in [5.41, 5.74) is 2.37. The molecule has 0 aliphatic carbocycles. The van der Waals surface area contributed by atoms with Crippen LogP contribution < -0.4 is 10.1 Å². The van der Waals surface area contributed by atoms with E-state index in [4.69, 9.17) is 4.74 Å². The number of piperazine rings is 1. The molecule has 7 heteroatoms. The number of carbonyl (C=O) groups is 1. The standard InChI is InChI=1S/C18H24N4O2.ClH/c1-13-4-5-15(10-14(13)2)24-12-17(23)22-9-6-19-11-16(22)18-20-7-8-21(18)3;/h4-5,7-8,10,16,19H,6,9,11-12H2,1-3H3;1H. The molecule has 0 radical (unpaired) electrons. The molecule has 1 aromatic carbocycles.